The van der Waals surface area contributed by atoms with E-state index in [0.717, 1.165) is 16.3 Å². The molecular formula is C11H15N5OS. The molecule has 0 spiro atoms. The molecule has 6 nitrogen and oxygen atoms in total. The standard InChI is InChI=1S/C11H15N5OS/c1-6(12)11-15-9(5-18-11)10(17)13-3-8-4-14-16-7(8)2/h4-6H,3,12H2,1-2H3,(H,13,17)(H,14,16). The molecule has 1 atom stereocenters. The van der Waals surface area contributed by atoms with E-state index in [9.17, 15) is 4.79 Å². The van der Waals surface area contributed by atoms with Crippen molar-refractivity contribution >= 4 is 17.2 Å². The second-order valence-corrected chi connectivity index (χ2v) is 4.95. The summed E-state index contributed by atoms with van der Waals surface area (Å²) in [5.74, 6) is -0.196. The molecule has 0 aliphatic carbocycles. The van der Waals surface area contributed by atoms with Crippen LogP contribution in [0.3, 0.4) is 0 Å². The van der Waals surface area contributed by atoms with E-state index in [1.54, 1.807) is 11.6 Å². The van der Waals surface area contributed by atoms with Crippen molar-refractivity contribution in [3.63, 3.8) is 0 Å². The van der Waals surface area contributed by atoms with E-state index in [1.807, 2.05) is 13.8 Å². The number of hydrogen-bond acceptors (Lipinski definition) is 5. The monoisotopic (exact) mass is 265 g/mol. The first-order valence-corrected chi connectivity index (χ1v) is 6.44. The highest BCUT2D eigenvalue weighted by Crippen LogP contribution is 2.15. The van der Waals surface area contributed by atoms with Crippen molar-refractivity contribution in [1.82, 2.24) is 20.5 Å². The molecule has 2 aromatic heterocycles. The zero-order valence-electron chi connectivity index (χ0n) is 10.2. The summed E-state index contributed by atoms with van der Waals surface area (Å²) in [6.07, 6.45) is 1.70. The van der Waals surface area contributed by atoms with Gasteiger partial charge in [-0.25, -0.2) is 4.98 Å². The summed E-state index contributed by atoms with van der Waals surface area (Å²) in [4.78, 5) is 16.0. The molecule has 2 aromatic rings. The molecule has 0 aromatic carbocycles. The first-order chi connectivity index (χ1) is 8.58. The van der Waals surface area contributed by atoms with Crippen LogP contribution in [-0.2, 0) is 6.54 Å². The molecule has 18 heavy (non-hydrogen) atoms. The Hall–Kier alpha value is -1.73. The van der Waals surface area contributed by atoms with E-state index in [4.69, 9.17) is 5.73 Å². The molecule has 0 aliphatic heterocycles. The highest BCUT2D eigenvalue weighted by Gasteiger charge is 2.12. The molecule has 0 saturated heterocycles. The fourth-order valence-corrected chi connectivity index (χ4v) is 2.18. The number of aromatic nitrogens is 3. The average molecular weight is 265 g/mol. The van der Waals surface area contributed by atoms with Gasteiger partial charge in [-0.05, 0) is 13.8 Å². The van der Waals surface area contributed by atoms with Crippen molar-refractivity contribution in [2.45, 2.75) is 26.4 Å². The maximum absolute atomic E-state index is 11.8. The van der Waals surface area contributed by atoms with E-state index in [-0.39, 0.29) is 11.9 Å². The summed E-state index contributed by atoms with van der Waals surface area (Å²) in [7, 11) is 0. The minimum Gasteiger partial charge on any atom is -0.346 e. The van der Waals surface area contributed by atoms with Gasteiger partial charge >= 0.3 is 0 Å². The van der Waals surface area contributed by atoms with Crippen LogP contribution in [0, 0.1) is 6.92 Å². The Balaban J connectivity index is 1.97. The van der Waals surface area contributed by atoms with Crippen molar-refractivity contribution in [3.8, 4) is 0 Å². The smallest absolute Gasteiger partial charge is 0.271 e. The Morgan fingerprint density at radius 2 is 2.44 bits per heavy atom. The fourth-order valence-electron chi connectivity index (χ4n) is 1.42. The Morgan fingerprint density at radius 3 is 3.00 bits per heavy atom. The quantitative estimate of drug-likeness (QED) is 0.771. The molecule has 0 aliphatic rings. The summed E-state index contributed by atoms with van der Waals surface area (Å²) in [5, 5.41) is 12.0. The van der Waals surface area contributed by atoms with Gasteiger partial charge < -0.3 is 11.1 Å². The Kier molecular flexibility index (Phi) is 3.73. The molecule has 1 amide bonds. The van der Waals surface area contributed by atoms with Crippen LogP contribution in [0.1, 0.15) is 39.7 Å². The first-order valence-electron chi connectivity index (χ1n) is 5.56. The zero-order chi connectivity index (χ0) is 13.1. The molecule has 0 saturated carbocycles. The Labute approximate surface area is 109 Å². The molecule has 0 radical (unpaired) electrons. The number of thiazole rings is 1. The highest BCUT2D eigenvalue weighted by atomic mass is 32.1. The van der Waals surface area contributed by atoms with Crippen molar-refractivity contribution in [1.29, 1.82) is 0 Å². The van der Waals surface area contributed by atoms with Gasteiger partial charge in [-0.3, -0.25) is 9.89 Å². The lowest BCUT2D eigenvalue weighted by Gasteiger charge is -2.02. The summed E-state index contributed by atoms with van der Waals surface area (Å²) < 4.78 is 0. The minimum atomic E-state index is -0.196. The van der Waals surface area contributed by atoms with Gasteiger partial charge in [0.15, 0.2) is 0 Å². The fraction of sp³-hybridized carbons (Fsp3) is 0.364. The predicted molar refractivity (Wildman–Crippen MR) is 69.2 cm³/mol. The summed E-state index contributed by atoms with van der Waals surface area (Å²) in [6, 6.07) is -0.146. The number of nitrogens with one attached hydrogen (secondary N) is 2. The Morgan fingerprint density at radius 1 is 1.67 bits per heavy atom. The zero-order valence-corrected chi connectivity index (χ0v) is 11.0. The van der Waals surface area contributed by atoms with Crippen LogP contribution in [0.2, 0.25) is 0 Å². The number of nitrogens with zero attached hydrogens (tertiary/aromatic N) is 2. The van der Waals surface area contributed by atoms with Crippen LogP contribution < -0.4 is 11.1 Å². The minimum absolute atomic E-state index is 0.146. The van der Waals surface area contributed by atoms with Crippen molar-refractivity contribution in [3.05, 3.63) is 33.5 Å². The number of nitrogens with two attached hydrogens (primary N) is 1. The van der Waals surface area contributed by atoms with E-state index in [0.29, 0.717) is 12.2 Å². The van der Waals surface area contributed by atoms with Crippen LogP contribution in [0.4, 0.5) is 0 Å². The predicted octanol–water partition coefficient (Wildman–Crippen LogP) is 1.12. The van der Waals surface area contributed by atoms with Gasteiger partial charge in [0.05, 0.1) is 12.2 Å². The molecule has 96 valence electrons. The third kappa shape index (κ3) is 2.74. The van der Waals surface area contributed by atoms with E-state index in [1.165, 1.54) is 11.3 Å². The number of rotatable bonds is 4. The molecule has 4 N–H and O–H groups in total. The number of hydrogen-bond donors (Lipinski definition) is 3. The van der Waals surface area contributed by atoms with Crippen LogP contribution >= 0.6 is 11.3 Å². The number of H-pyrrole nitrogens is 1. The second-order valence-electron chi connectivity index (χ2n) is 4.06. The van der Waals surface area contributed by atoms with Crippen LogP contribution in [0.15, 0.2) is 11.6 Å². The number of amides is 1. The van der Waals surface area contributed by atoms with Gasteiger partial charge in [-0.2, -0.15) is 5.10 Å². The Bertz CT molecular complexity index is 545. The third-order valence-corrected chi connectivity index (χ3v) is 3.56. The second kappa shape index (κ2) is 5.28. The maximum Gasteiger partial charge on any atom is 0.271 e. The lowest BCUT2D eigenvalue weighted by Crippen LogP contribution is -2.23. The van der Waals surface area contributed by atoms with E-state index < -0.39 is 0 Å². The first kappa shape index (κ1) is 12.7. The molecule has 1 unspecified atom stereocenters. The normalized spacial score (nSPS) is 12.4. The largest absolute Gasteiger partial charge is 0.346 e. The van der Waals surface area contributed by atoms with Crippen molar-refractivity contribution in [2.24, 2.45) is 5.73 Å². The SMILES string of the molecule is Cc1[nH]ncc1CNC(=O)c1csc(C(C)N)n1. The van der Waals surface area contributed by atoms with Gasteiger partial charge in [0.2, 0.25) is 0 Å². The van der Waals surface area contributed by atoms with Crippen molar-refractivity contribution in [2.75, 3.05) is 0 Å². The van der Waals surface area contributed by atoms with Crippen LogP contribution in [0.5, 0.6) is 0 Å². The lowest BCUT2D eigenvalue weighted by molar-refractivity contribution is 0.0946. The summed E-state index contributed by atoms with van der Waals surface area (Å²) >= 11 is 1.40. The molecule has 2 rings (SSSR count). The molecule has 2 heterocycles. The van der Waals surface area contributed by atoms with Gasteiger partial charge in [0.1, 0.15) is 10.7 Å². The number of carbonyl (C=O) groups is 1. The van der Waals surface area contributed by atoms with Crippen molar-refractivity contribution < 1.29 is 4.79 Å². The highest BCUT2D eigenvalue weighted by molar-refractivity contribution is 7.09. The number of aromatic amines is 1. The third-order valence-electron chi connectivity index (χ3n) is 2.52. The molecule has 7 heteroatoms. The average Bonchev–Trinajstić information content (AvgIpc) is 2.94. The maximum atomic E-state index is 11.8. The van der Waals surface area contributed by atoms with Gasteiger partial charge in [0.25, 0.3) is 5.91 Å². The number of carbonyl (C=O) groups excluding carboxylic acids is 1. The van der Waals surface area contributed by atoms with Crippen LogP contribution in [-0.4, -0.2) is 21.1 Å². The lowest BCUT2D eigenvalue weighted by atomic mass is 10.2. The van der Waals surface area contributed by atoms with Gasteiger partial charge in [0, 0.05) is 23.2 Å². The summed E-state index contributed by atoms with van der Waals surface area (Å²) in [6.45, 7) is 4.19. The van der Waals surface area contributed by atoms with Crippen LogP contribution in [0.25, 0.3) is 0 Å². The molecule has 0 fully saturated rings. The van der Waals surface area contributed by atoms with E-state index >= 15 is 0 Å². The molecular weight excluding hydrogens is 250 g/mol. The van der Waals surface area contributed by atoms with E-state index in [2.05, 4.69) is 20.5 Å². The number of aryl methyl sites for hydroxylation is 1. The topological polar surface area (TPSA) is 96.7 Å². The summed E-state index contributed by atoms with van der Waals surface area (Å²) in [5.41, 5.74) is 8.03. The molecule has 0 bridgehead atoms. The van der Waals surface area contributed by atoms with Gasteiger partial charge in [-0.1, -0.05) is 0 Å². The van der Waals surface area contributed by atoms with Gasteiger partial charge in [-0.15, -0.1) is 11.3 Å².